The Hall–Kier alpha value is -0.640. The second-order valence-corrected chi connectivity index (χ2v) is 4.90. The summed E-state index contributed by atoms with van der Waals surface area (Å²) >= 11 is 3.55. The van der Waals surface area contributed by atoms with E-state index in [1.807, 2.05) is 6.92 Å². The summed E-state index contributed by atoms with van der Waals surface area (Å²) in [5.41, 5.74) is 0.972. The van der Waals surface area contributed by atoms with Gasteiger partial charge in [0.1, 0.15) is 0 Å². The van der Waals surface area contributed by atoms with Gasteiger partial charge in [-0.05, 0) is 25.2 Å². The summed E-state index contributed by atoms with van der Waals surface area (Å²) in [5, 5.41) is 0.910. The Morgan fingerprint density at radius 1 is 1.44 bits per heavy atom. The maximum absolute atomic E-state index is 11.8. The van der Waals surface area contributed by atoms with Crippen molar-refractivity contribution in [1.29, 1.82) is 0 Å². The van der Waals surface area contributed by atoms with Crippen molar-refractivity contribution >= 4 is 15.9 Å². The van der Waals surface area contributed by atoms with Gasteiger partial charge in [-0.1, -0.05) is 29.8 Å². The normalized spacial score (nSPS) is 11.8. The van der Waals surface area contributed by atoms with Gasteiger partial charge >= 0.3 is 0 Å². The van der Waals surface area contributed by atoms with E-state index >= 15 is 0 Å². The molecule has 0 bridgehead atoms. The second kappa shape index (κ2) is 5.62. The van der Waals surface area contributed by atoms with Crippen LogP contribution in [0.4, 0.5) is 0 Å². The van der Waals surface area contributed by atoms with Crippen molar-refractivity contribution < 1.29 is 0 Å². The predicted octanol–water partition coefficient (Wildman–Crippen LogP) is 2.75. The first-order chi connectivity index (χ1) is 7.56. The van der Waals surface area contributed by atoms with Crippen LogP contribution < -0.4 is 5.56 Å². The SMILES string of the molecule is CCC(CC)(CBr)Cn1cnc(C)cc1=O. The number of hydrogen-bond acceptors (Lipinski definition) is 2. The highest BCUT2D eigenvalue weighted by molar-refractivity contribution is 9.09. The molecule has 0 N–H and O–H groups in total. The topological polar surface area (TPSA) is 34.9 Å². The summed E-state index contributed by atoms with van der Waals surface area (Å²) in [6, 6.07) is 1.59. The lowest BCUT2D eigenvalue weighted by Gasteiger charge is -2.29. The largest absolute Gasteiger partial charge is 0.299 e. The van der Waals surface area contributed by atoms with Gasteiger partial charge < -0.3 is 0 Å². The lowest BCUT2D eigenvalue weighted by Crippen LogP contribution is -2.33. The molecule has 0 aromatic carbocycles. The van der Waals surface area contributed by atoms with Crippen molar-refractivity contribution in [3.05, 3.63) is 28.4 Å². The quantitative estimate of drug-likeness (QED) is 0.780. The summed E-state index contributed by atoms with van der Waals surface area (Å²) in [4.78, 5) is 15.9. The second-order valence-electron chi connectivity index (χ2n) is 4.34. The molecular formula is C12H19BrN2O. The molecule has 3 nitrogen and oxygen atoms in total. The van der Waals surface area contributed by atoms with Crippen LogP contribution in [0.3, 0.4) is 0 Å². The molecular weight excluding hydrogens is 268 g/mol. The van der Waals surface area contributed by atoms with Crippen LogP contribution in [0, 0.1) is 12.3 Å². The summed E-state index contributed by atoms with van der Waals surface area (Å²) in [5.74, 6) is 0. The molecule has 0 unspecified atom stereocenters. The Bertz CT molecular complexity index is 388. The van der Waals surface area contributed by atoms with E-state index < -0.39 is 0 Å². The lowest BCUT2D eigenvalue weighted by atomic mass is 9.84. The molecule has 16 heavy (non-hydrogen) atoms. The molecule has 0 fully saturated rings. The predicted molar refractivity (Wildman–Crippen MR) is 70.0 cm³/mol. The Labute approximate surface area is 105 Å². The minimum Gasteiger partial charge on any atom is -0.299 e. The van der Waals surface area contributed by atoms with Gasteiger partial charge in [-0.2, -0.15) is 0 Å². The van der Waals surface area contributed by atoms with E-state index in [4.69, 9.17) is 0 Å². The molecule has 0 aliphatic carbocycles. The van der Waals surface area contributed by atoms with Crippen LogP contribution in [0.2, 0.25) is 0 Å². The zero-order valence-electron chi connectivity index (χ0n) is 10.2. The van der Waals surface area contributed by atoms with E-state index in [-0.39, 0.29) is 11.0 Å². The highest BCUT2D eigenvalue weighted by Gasteiger charge is 2.25. The number of rotatable bonds is 5. The molecule has 0 radical (unpaired) electrons. The first kappa shape index (κ1) is 13.4. The van der Waals surface area contributed by atoms with Crippen LogP contribution in [0.25, 0.3) is 0 Å². The van der Waals surface area contributed by atoms with Crippen molar-refractivity contribution in [1.82, 2.24) is 9.55 Å². The minimum absolute atomic E-state index is 0.0414. The first-order valence-corrected chi connectivity index (χ1v) is 6.78. The van der Waals surface area contributed by atoms with Crippen molar-refractivity contribution in [2.45, 2.75) is 40.2 Å². The average Bonchev–Trinajstić information content (AvgIpc) is 2.29. The highest BCUT2D eigenvalue weighted by atomic mass is 79.9. The number of halogens is 1. The molecule has 0 aliphatic rings. The van der Waals surface area contributed by atoms with Gasteiger partial charge in [0, 0.05) is 23.6 Å². The summed E-state index contributed by atoms with van der Waals surface area (Å²) in [7, 11) is 0. The lowest BCUT2D eigenvalue weighted by molar-refractivity contribution is 0.255. The monoisotopic (exact) mass is 286 g/mol. The molecule has 0 saturated heterocycles. The van der Waals surface area contributed by atoms with E-state index in [2.05, 4.69) is 34.8 Å². The molecule has 90 valence electrons. The number of aryl methyl sites for hydroxylation is 1. The zero-order valence-corrected chi connectivity index (χ0v) is 11.7. The van der Waals surface area contributed by atoms with Crippen LogP contribution in [-0.4, -0.2) is 14.9 Å². The summed E-state index contributed by atoms with van der Waals surface area (Å²) in [6.45, 7) is 6.90. The fraction of sp³-hybridized carbons (Fsp3) is 0.667. The molecule has 0 amide bonds. The molecule has 0 spiro atoms. The van der Waals surface area contributed by atoms with E-state index in [9.17, 15) is 4.79 Å². The van der Waals surface area contributed by atoms with Crippen molar-refractivity contribution in [2.24, 2.45) is 5.41 Å². The number of aromatic nitrogens is 2. The number of alkyl halides is 1. The first-order valence-electron chi connectivity index (χ1n) is 5.66. The summed E-state index contributed by atoms with van der Waals surface area (Å²) in [6.07, 6.45) is 3.75. The Morgan fingerprint density at radius 2 is 2.06 bits per heavy atom. The standard InChI is InChI=1S/C12H19BrN2O/c1-4-12(5-2,7-13)8-15-9-14-10(3)6-11(15)16/h6,9H,4-5,7-8H2,1-3H3. The van der Waals surface area contributed by atoms with E-state index in [0.29, 0.717) is 0 Å². The van der Waals surface area contributed by atoms with Gasteiger partial charge in [-0.15, -0.1) is 0 Å². The number of hydrogen-bond donors (Lipinski definition) is 0. The van der Waals surface area contributed by atoms with Crippen LogP contribution in [0.1, 0.15) is 32.4 Å². The molecule has 0 saturated carbocycles. The van der Waals surface area contributed by atoms with Crippen molar-refractivity contribution in [3.63, 3.8) is 0 Å². The highest BCUT2D eigenvalue weighted by Crippen LogP contribution is 2.30. The van der Waals surface area contributed by atoms with E-state index in [1.54, 1.807) is 17.0 Å². The Balaban J connectivity index is 2.98. The maximum atomic E-state index is 11.8. The Kier molecular flexibility index (Phi) is 4.71. The summed E-state index contributed by atoms with van der Waals surface area (Å²) < 4.78 is 1.71. The third-order valence-corrected chi connectivity index (χ3v) is 4.49. The van der Waals surface area contributed by atoms with Crippen LogP contribution in [0.5, 0.6) is 0 Å². The fourth-order valence-electron chi connectivity index (χ4n) is 1.70. The van der Waals surface area contributed by atoms with Crippen LogP contribution >= 0.6 is 15.9 Å². The van der Waals surface area contributed by atoms with Crippen LogP contribution in [-0.2, 0) is 6.54 Å². The molecule has 1 aromatic rings. The third kappa shape index (κ3) is 2.94. The van der Waals surface area contributed by atoms with E-state index in [1.165, 1.54) is 0 Å². The van der Waals surface area contributed by atoms with Gasteiger partial charge in [0.2, 0.25) is 0 Å². The van der Waals surface area contributed by atoms with Crippen molar-refractivity contribution in [2.75, 3.05) is 5.33 Å². The maximum Gasteiger partial charge on any atom is 0.253 e. The molecule has 1 aromatic heterocycles. The smallest absolute Gasteiger partial charge is 0.253 e. The number of nitrogens with zero attached hydrogens (tertiary/aromatic N) is 2. The van der Waals surface area contributed by atoms with E-state index in [0.717, 1.165) is 30.4 Å². The Morgan fingerprint density at radius 3 is 2.50 bits per heavy atom. The van der Waals surface area contributed by atoms with Gasteiger partial charge in [0.25, 0.3) is 5.56 Å². The molecule has 4 heteroatoms. The van der Waals surface area contributed by atoms with Gasteiger partial charge in [0.05, 0.1) is 6.33 Å². The molecule has 0 atom stereocenters. The van der Waals surface area contributed by atoms with Gasteiger partial charge in [0.15, 0.2) is 0 Å². The van der Waals surface area contributed by atoms with Gasteiger partial charge in [-0.25, -0.2) is 4.98 Å². The third-order valence-electron chi connectivity index (χ3n) is 3.31. The zero-order chi connectivity index (χ0) is 12.2. The van der Waals surface area contributed by atoms with Gasteiger partial charge in [-0.3, -0.25) is 9.36 Å². The molecule has 1 heterocycles. The minimum atomic E-state index is 0.0414. The molecule has 0 aliphatic heterocycles. The van der Waals surface area contributed by atoms with Crippen molar-refractivity contribution in [3.8, 4) is 0 Å². The molecule has 1 rings (SSSR count). The van der Waals surface area contributed by atoms with Crippen LogP contribution in [0.15, 0.2) is 17.2 Å². The fourth-order valence-corrected chi connectivity index (χ4v) is 2.67. The average molecular weight is 287 g/mol.